The highest BCUT2D eigenvalue weighted by molar-refractivity contribution is 9.10. The summed E-state index contributed by atoms with van der Waals surface area (Å²) in [5.74, 6) is 0.425. The molecule has 5 heteroatoms. The van der Waals surface area contributed by atoms with E-state index in [9.17, 15) is 4.79 Å². The molecule has 1 amide bonds. The first-order valence-electron chi connectivity index (χ1n) is 5.53. The highest BCUT2D eigenvalue weighted by Gasteiger charge is 2.37. The Morgan fingerprint density at radius 1 is 1.62 bits per heavy atom. The molecule has 0 aromatic carbocycles. The van der Waals surface area contributed by atoms with E-state index in [2.05, 4.69) is 21.2 Å². The number of fused-ring (bicyclic) bond motifs is 2. The van der Waals surface area contributed by atoms with Gasteiger partial charge in [0.15, 0.2) is 0 Å². The Bertz CT molecular complexity index is 418. The number of hydrogen-bond donors (Lipinski definition) is 1. The molecule has 2 aliphatic heterocycles. The SMILES string of the molecule is O=C(c1occc1Br)N1CCC2CC1CN2. The molecule has 16 heavy (non-hydrogen) atoms. The Balaban J connectivity index is 1.83. The molecule has 2 fully saturated rings. The van der Waals surface area contributed by atoms with E-state index in [1.165, 1.54) is 6.26 Å². The topological polar surface area (TPSA) is 45.5 Å². The molecule has 1 N–H and O–H groups in total. The summed E-state index contributed by atoms with van der Waals surface area (Å²) >= 11 is 3.33. The van der Waals surface area contributed by atoms with Gasteiger partial charge in [-0.3, -0.25) is 4.79 Å². The third-order valence-corrected chi connectivity index (χ3v) is 4.05. The first-order valence-corrected chi connectivity index (χ1v) is 6.32. The average Bonchev–Trinajstić information content (AvgIpc) is 2.86. The lowest BCUT2D eigenvalue weighted by Crippen LogP contribution is -2.44. The zero-order valence-corrected chi connectivity index (χ0v) is 10.4. The van der Waals surface area contributed by atoms with Gasteiger partial charge in [-0.1, -0.05) is 0 Å². The van der Waals surface area contributed by atoms with Crippen LogP contribution in [0, 0.1) is 0 Å². The summed E-state index contributed by atoms with van der Waals surface area (Å²) in [4.78, 5) is 14.2. The van der Waals surface area contributed by atoms with Crippen LogP contribution >= 0.6 is 15.9 Å². The molecule has 4 nitrogen and oxygen atoms in total. The van der Waals surface area contributed by atoms with Crippen molar-refractivity contribution in [2.45, 2.75) is 24.9 Å². The minimum Gasteiger partial charge on any atom is -0.458 e. The summed E-state index contributed by atoms with van der Waals surface area (Å²) in [7, 11) is 0. The van der Waals surface area contributed by atoms with Gasteiger partial charge in [0.05, 0.1) is 10.7 Å². The molecule has 86 valence electrons. The van der Waals surface area contributed by atoms with Crippen LogP contribution in [0.15, 0.2) is 21.2 Å². The van der Waals surface area contributed by atoms with Gasteiger partial charge in [-0.05, 0) is 34.8 Å². The fraction of sp³-hybridized carbons (Fsp3) is 0.545. The van der Waals surface area contributed by atoms with Gasteiger partial charge >= 0.3 is 0 Å². The van der Waals surface area contributed by atoms with E-state index in [1.54, 1.807) is 6.07 Å². The molecular weight excluding hydrogens is 272 g/mol. The van der Waals surface area contributed by atoms with Gasteiger partial charge in [-0.2, -0.15) is 0 Å². The van der Waals surface area contributed by atoms with Crippen LogP contribution in [-0.4, -0.2) is 36.0 Å². The van der Waals surface area contributed by atoms with Gasteiger partial charge in [0.25, 0.3) is 5.91 Å². The number of rotatable bonds is 1. The van der Waals surface area contributed by atoms with Gasteiger partial charge in [-0.15, -0.1) is 0 Å². The van der Waals surface area contributed by atoms with Crippen LogP contribution in [0.2, 0.25) is 0 Å². The Morgan fingerprint density at radius 2 is 2.50 bits per heavy atom. The molecule has 2 aliphatic rings. The Labute approximate surface area is 102 Å². The lowest BCUT2D eigenvalue weighted by Gasteiger charge is -2.31. The first kappa shape index (κ1) is 10.4. The Morgan fingerprint density at radius 3 is 3.25 bits per heavy atom. The smallest absolute Gasteiger partial charge is 0.291 e. The van der Waals surface area contributed by atoms with Gasteiger partial charge < -0.3 is 14.6 Å². The second-order valence-corrected chi connectivity index (χ2v) is 5.23. The van der Waals surface area contributed by atoms with Crippen molar-refractivity contribution < 1.29 is 9.21 Å². The second-order valence-electron chi connectivity index (χ2n) is 4.38. The van der Waals surface area contributed by atoms with Crippen LogP contribution in [0.1, 0.15) is 23.4 Å². The van der Waals surface area contributed by atoms with Gasteiger partial charge in [-0.25, -0.2) is 0 Å². The summed E-state index contributed by atoms with van der Waals surface area (Å²) in [5.41, 5.74) is 0. The third-order valence-electron chi connectivity index (χ3n) is 3.43. The predicted octanol–water partition coefficient (Wildman–Crippen LogP) is 1.62. The predicted molar refractivity (Wildman–Crippen MR) is 62.3 cm³/mol. The first-order chi connectivity index (χ1) is 7.75. The van der Waals surface area contributed by atoms with E-state index >= 15 is 0 Å². The van der Waals surface area contributed by atoms with Crippen LogP contribution in [0.3, 0.4) is 0 Å². The molecule has 0 radical (unpaired) electrons. The van der Waals surface area contributed by atoms with E-state index in [4.69, 9.17) is 4.42 Å². The fourth-order valence-electron chi connectivity index (χ4n) is 2.58. The number of nitrogens with one attached hydrogen (secondary N) is 1. The number of hydrogen-bond acceptors (Lipinski definition) is 3. The van der Waals surface area contributed by atoms with Crippen LogP contribution in [0.4, 0.5) is 0 Å². The lowest BCUT2D eigenvalue weighted by atomic mass is 10.0. The lowest BCUT2D eigenvalue weighted by molar-refractivity contribution is 0.0624. The minimum absolute atomic E-state index is 0.00373. The van der Waals surface area contributed by atoms with Crippen molar-refractivity contribution in [2.24, 2.45) is 0 Å². The molecular formula is C11H13BrN2O2. The third kappa shape index (κ3) is 1.58. The molecule has 2 bridgehead atoms. The number of furan rings is 1. The molecule has 0 aliphatic carbocycles. The highest BCUT2D eigenvalue weighted by atomic mass is 79.9. The van der Waals surface area contributed by atoms with E-state index in [0.29, 0.717) is 17.8 Å². The van der Waals surface area contributed by atoms with Gasteiger partial charge in [0, 0.05) is 25.2 Å². The van der Waals surface area contributed by atoms with Crippen molar-refractivity contribution in [3.63, 3.8) is 0 Å². The zero-order valence-electron chi connectivity index (χ0n) is 8.78. The molecule has 1 aromatic rings. The quantitative estimate of drug-likeness (QED) is 0.852. The van der Waals surface area contributed by atoms with Crippen molar-refractivity contribution in [1.82, 2.24) is 10.2 Å². The van der Waals surface area contributed by atoms with Crippen molar-refractivity contribution >= 4 is 21.8 Å². The molecule has 3 rings (SSSR count). The van der Waals surface area contributed by atoms with E-state index in [-0.39, 0.29) is 5.91 Å². The van der Waals surface area contributed by atoms with Gasteiger partial charge in [0.2, 0.25) is 5.76 Å². The van der Waals surface area contributed by atoms with Crippen LogP contribution in [0.5, 0.6) is 0 Å². The molecule has 2 unspecified atom stereocenters. The summed E-state index contributed by atoms with van der Waals surface area (Å²) in [6.07, 6.45) is 3.65. The van der Waals surface area contributed by atoms with E-state index < -0.39 is 0 Å². The maximum Gasteiger partial charge on any atom is 0.291 e. The summed E-state index contributed by atoms with van der Waals surface area (Å²) in [5, 5.41) is 3.43. The van der Waals surface area contributed by atoms with Crippen LogP contribution in [0.25, 0.3) is 0 Å². The largest absolute Gasteiger partial charge is 0.458 e. The van der Waals surface area contributed by atoms with Crippen molar-refractivity contribution in [3.8, 4) is 0 Å². The normalized spacial score (nSPS) is 28.4. The number of carbonyl (C=O) groups is 1. The number of halogens is 1. The zero-order chi connectivity index (χ0) is 11.1. The molecule has 3 heterocycles. The fourth-order valence-corrected chi connectivity index (χ4v) is 2.95. The number of likely N-dealkylation sites (tertiary alicyclic amines) is 1. The summed E-state index contributed by atoms with van der Waals surface area (Å²) < 4.78 is 5.97. The minimum atomic E-state index is 0.00373. The maximum atomic E-state index is 12.2. The molecule has 0 spiro atoms. The average molecular weight is 285 g/mol. The number of piperidine rings is 1. The molecule has 0 saturated carbocycles. The van der Waals surface area contributed by atoms with Crippen molar-refractivity contribution in [1.29, 1.82) is 0 Å². The summed E-state index contributed by atoms with van der Waals surface area (Å²) in [6, 6.07) is 2.70. The molecule has 2 saturated heterocycles. The molecule has 1 aromatic heterocycles. The van der Waals surface area contributed by atoms with Gasteiger partial charge in [0.1, 0.15) is 0 Å². The van der Waals surface area contributed by atoms with Crippen molar-refractivity contribution in [2.75, 3.05) is 13.1 Å². The van der Waals surface area contributed by atoms with E-state index in [1.807, 2.05) is 4.90 Å². The number of nitrogens with zero attached hydrogens (tertiary/aromatic N) is 1. The standard InChI is InChI=1S/C11H13BrN2O2/c12-9-2-4-16-10(9)11(15)14-3-1-7-5-8(14)6-13-7/h2,4,7-8,13H,1,3,5-6H2. The monoisotopic (exact) mass is 284 g/mol. The van der Waals surface area contributed by atoms with Crippen LogP contribution < -0.4 is 5.32 Å². The second kappa shape index (κ2) is 3.89. The molecule has 2 atom stereocenters. The van der Waals surface area contributed by atoms with E-state index in [0.717, 1.165) is 30.4 Å². The Hall–Kier alpha value is -0.810. The number of amides is 1. The van der Waals surface area contributed by atoms with Crippen molar-refractivity contribution in [3.05, 3.63) is 22.6 Å². The number of carbonyl (C=O) groups excluding carboxylic acids is 1. The Kier molecular flexibility index (Phi) is 2.52. The van der Waals surface area contributed by atoms with Crippen LogP contribution in [-0.2, 0) is 0 Å². The highest BCUT2D eigenvalue weighted by Crippen LogP contribution is 2.27. The maximum absolute atomic E-state index is 12.2. The summed E-state index contributed by atoms with van der Waals surface area (Å²) in [6.45, 7) is 1.74.